The van der Waals surface area contributed by atoms with Crippen molar-refractivity contribution in [1.82, 2.24) is 10.2 Å². The van der Waals surface area contributed by atoms with E-state index in [1.165, 1.54) is 4.90 Å². The zero-order valence-corrected chi connectivity index (χ0v) is 11.0. The Morgan fingerprint density at radius 1 is 1.33 bits per heavy atom. The molecule has 0 aromatic heterocycles. The van der Waals surface area contributed by atoms with Gasteiger partial charge in [0, 0.05) is 13.6 Å². The van der Waals surface area contributed by atoms with Gasteiger partial charge in [-0.2, -0.15) is 0 Å². The summed E-state index contributed by atoms with van der Waals surface area (Å²) in [6.07, 6.45) is 0.399. The van der Waals surface area contributed by atoms with E-state index in [0.29, 0.717) is 12.5 Å². The molecule has 0 rings (SSSR count). The summed E-state index contributed by atoms with van der Waals surface area (Å²) in [5.41, 5.74) is 4.91. The minimum Gasteiger partial charge on any atom is -0.480 e. The van der Waals surface area contributed by atoms with Crippen LogP contribution in [0.1, 0.15) is 26.7 Å². The summed E-state index contributed by atoms with van der Waals surface area (Å²) in [6, 6.07) is -1.80. The van der Waals surface area contributed by atoms with E-state index < -0.39 is 30.4 Å². The van der Waals surface area contributed by atoms with Gasteiger partial charge in [-0.15, -0.1) is 0 Å². The number of carbonyl (C=O) groups excluding carboxylic acids is 2. The van der Waals surface area contributed by atoms with E-state index in [4.69, 9.17) is 10.8 Å². The van der Waals surface area contributed by atoms with Crippen molar-refractivity contribution in [2.45, 2.75) is 32.7 Å². The lowest BCUT2D eigenvalue weighted by Gasteiger charge is -2.21. The van der Waals surface area contributed by atoms with Gasteiger partial charge in [0.05, 0.1) is 6.42 Å². The van der Waals surface area contributed by atoms with Crippen LogP contribution in [-0.4, -0.2) is 47.5 Å². The zero-order valence-electron chi connectivity index (χ0n) is 11.0. The summed E-state index contributed by atoms with van der Waals surface area (Å²) in [6.45, 7) is 4.57. The normalized spacial score (nSPS) is 12.0. The van der Waals surface area contributed by atoms with Crippen molar-refractivity contribution >= 4 is 17.9 Å². The van der Waals surface area contributed by atoms with Crippen LogP contribution in [-0.2, 0) is 9.59 Å². The second kappa shape index (κ2) is 7.52. The Kier molecular flexibility index (Phi) is 6.77. The lowest BCUT2D eigenvalue weighted by molar-refractivity contribution is -0.140. The first-order chi connectivity index (χ1) is 8.23. The minimum absolute atomic E-state index is 0.418. The molecule has 1 atom stereocenters. The van der Waals surface area contributed by atoms with Gasteiger partial charge in [0.2, 0.25) is 5.91 Å². The van der Waals surface area contributed by atoms with Crippen LogP contribution in [0.25, 0.3) is 0 Å². The average molecular weight is 259 g/mol. The fourth-order valence-corrected chi connectivity index (χ4v) is 1.21. The third kappa shape index (κ3) is 6.72. The average Bonchev–Trinajstić information content (AvgIpc) is 2.23. The van der Waals surface area contributed by atoms with Crippen molar-refractivity contribution in [2.24, 2.45) is 11.7 Å². The maximum absolute atomic E-state index is 11.7. The number of amides is 3. The molecular weight excluding hydrogens is 238 g/mol. The van der Waals surface area contributed by atoms with Crippen LogP contribution >= 0.6 is 0 Å². The van der Waals surface area contributed by atoms with E-state index >= 15 is 0 Å². The molecule has 0 spiro atoms. The van der Waals surface area contributed by atoms with Crippen LogP contribution < -0.4 is 11.1 Å². The molecule has 18 heavy (non-hydrogen) atoms. The molecule has 0 heterocycles. The van der Waals surface area contributed by atoms with Gasteiger partial charge in [-0.1, -0.05) is 13.8 Å². The summed E-state index contributed by atoms with van der Waals surface area (Å²) in [7, 11) is 1.57. The zero-order chi connectivity index (χ0) is 14.3. The Bertz CT molecular complexity index is 317. The molecule has 0 aliphatic rings. The highest BCUT2D eigenvalue weighted by molar-refractivity contribution is 5.87. The van der Waals surface area contributed by atoms with Crippen LogP contribution in [0.4, 0.5) is 4.79 Å². The van der Waals surface area contributed by atoms with Gasteiger partial charge in [-0.25, -0.2) is 9.59 Å². The van der Waals surface area contributed by atoms with E-state index in [1.807, 2.05) is 13.8 Å². The van der Waals surface area contributed by atoms with Gasteiger partial charge in [0.15, 0.2) is 0 Å². The van der Waals surface area contributed by atoms with Crippen molar-refractivity contribution in [2.75, 3.05) is 13.6 Å². The van der Waals surface area contributed by atoms with E-state index in [0.717, 1.165) is 6.42 Å². The first kappa shape index (κ1) is 16.2. The van der Waals surface area contributed by atoms with Crippen LogP contribution in [0.3, 0.4) is 0 Å². The number of primary amides is 1. The lowest BCUT2D eigenvalue weighted by atomic mass is 10.1. The smallest absolute Gasteiger partial charge is 0.326 e. The Labute approximate surface area is 106 Å². The van der Waals surface area contributed by atoms with Crippen molar-refractivity contribution in [3.63, 3.8) is 0 Å². The summed E-state index contributed by atoms with van der Waals surface area (Å²) >= 11 is 0. The van der Waals surface area contributed by atoms with Crippen molar-refractivity contribution in [3.8, 4) is 0 Å². The Morgan fingerprint density at radius 2 is 1.89 bits per heavy atom. The van der Waals surface area contributed by atoms with Crippen LogP contribution in [0.5, 0.6) is 0 Å². The maximum Gasteiger partial charge on any atom is 0.326 e. The van der Waals surface area contributed by atoms with Crippen LogP contribution in [0.15, 0.2) is 0 Å². The van der Waals surface area contributed by atoms with Gasteiger partial charge in [-0.05, 0) is 12.3 Å². The third-order valence-electron chi connectivity index (χ3n) is 2.39. The minimum atomic E-state index is -1.28. The number of hydrogen-bond acceptors (Lipinski definition) is 3. The molecule has 0 saturated heterocycles. The molecule has 7 nitrogen and oxygen atoms in total. The van der Waals surface area contributed by atoms with E-state index in [-0.39, 0.29) is 0 Å². The number of nitrogens with zero attached hydrogens (tertiary/aromatic N) is 1. The van der Waals surface area contributed by atoms with Gasteiger partial charge >= 0.3 is 12.0 Å². The van der Waals surface area contributed by atoms with E-state index in [1.54, 1.807) is 7.05 Å². The van der Waals surface area contributed by atoms with E-state index in [2.05, 4.69) is 5.32 Å². The number of nitrogens with two attached hydrogens (primary N) is 1. The van der Waals surface area contributed by atoms with Gasteiger partial charge in [0.25, 0.3) is 0 Å². The third-order valence-corrected chi connectivity index (χ3v) is 2.39. The molecule has 4 N–H and O–H groups in total. The molecular formula is C11H21N3O4. The summed E-state index contributed by atoms with van der Waals surface area (Å²) in [4.78, 5) is 34.5. The van der Waals surface area contributed by atoms with Gasteiger partial charge in [-0.3, -0.25) is 4.79 Å². The first-order valence-corrected chi connectivity index (χ1v) is 5.76. The van der Waals surface area contributed by atoms with Crippen molar-refractivity contribution in [3.05, 3.63) is 0 Å². The topological polar surface area (TPSA) is 113 Å². The number of nitrogens with one attached hydrogen (secondary N) is 1. The number of hydrogen-bond donors (Lipinski definition) is 3. The molecule has 0 aliphatic carbocycles. The van der Waals surface area contributed by atoms with Crippen molar-refractivity contribution in [1.29, 1.82) is 0 Å². The van der Waals surface area contributed by atoms with Crippen LogP contribution in [0.2, 0.25) is 0 Å². The van der Waals surface area contributed by atoms with Gasteiger partial charge in [0.1, 0.15) is 6.04 Å². The SMILES string of the molecule is CC(C)CCN(C)C(=O)N[C@H](CC(N)=O)C(=O)O. The number of rotatable bonds is 7. The predicted molar refractivity (Wildman–Crippen MR) is 65.9 cm³/mol. The molecule has 7 heteroatoms. The summed E-state index contributed by atoms with van der Waals surface area (Å²) in [5.74, 6) is -1.60. The second-order valence-corrected chi connectivity index (χ2v) is 4.61. The number of carboxylic acids is 1. The highest BCUT2D eigenvalue weighted by Crippen LogP contribution is 2.01. The number of aliphatic carboxylic acids is 1. The van der Waals surface area contributed by atoms with E-state index in [9.17, 15) is 14.4 Å². The molecule has 0 bridgehead atoms. The molecule has 3 amide bonds. The summed E-state index contributed by atoms with van der Waals surface area (Å²) in [5, 5.41) is 11.1. The number of urea groups is 1. The molecule has 0 radical (unpaired) electrons. The largest absolute Gasteiger partial charge is 0.480 e. The van der Waals surface area contributed by atoms with Crippen LogP contribution in [0, 0.1) is 5.92 Å². The fourth-order valence-electron chi connectivity index (χ4n) is 1.21. The van der Waals surface area contributed by atoms with Crippen molar-refractivity contribution < 1.29 is 19.5 Å². The molecule has 104 valence electrons. The summed E-state index contributed by atoms with van der Waals surface area (Å²) < 4.78 is 0. The molecule has 0 fully saturated rings. The Hall–Kier alpha value is -1.79. The quantitative estimate of drug-likeness (QED) is 0.597. The standard InChI is InChI=1S/C11H21N3O4/c1-7(2)4-5-14(3)11(18)13-8(10(16)17)6-9(12)15/h7-8H,4-6H2,1-3H3,(H2,12,15)(H,13,18)(H,16,17)/t8-/m1/s1. The Balaban J connectivity index is 4.32. The molecule has 0 aliphatic heterocycles. The molecule has 0 aromatic rings. The lowest BCUT2D eigenvalue weighted by Crippen LogP contribution is -2.48. The highest BCUT2D eigenvalue weighted by atomic mass is 16.4. The first-order valence-electron chi connectivity index (χ1n) is 5.76. The molecule has 0 unspecified atom stereocenters. The molecule has 0 saturated carbocycles. The van der Waals surface area contributed by atoms with Gasteiger partial charge < -0.3 is 21.1 Å². The maximum atomic E-state index is 11.7. The molecule has 0 aromatic carbocycles. The number of carbonyl (C=O) groups is 3. The monoisotopic (exact) mass is 259 g/mol. The highest BCUT2D eigenvalue weighted by Gasteiger charge is 2.23. The Morgan fingerprint density at radius 3 is 2.28 bits per heavy atom. The number of carboxylic acid groups (broad SMARTS) is 1. The predicted octanol–water partition coefficient (Wildman–Crippen LogP) is 0.00250. The second-order valence-electron chi connectivity index (χ2n) is 4.61. The fraction of sp³-hybridized carbons (Fsp3) is 0.727.